The van der Waals surface area contributed by atoms with Gasteiger partial charge in [0.25, 0.3) is 0 Å². The lowest BCUT2D eigenvalue weighted by Gasteiger charge is -2.56. The number of piperidine rings is 1. The number of β-amino-alcohol motifs (C(OH)–C–C–N with tert-alkyl or cyclic N) is 1. The van der Waals surface area contributed by atoms with Crippen LogP contribution in [0.25, 0.3) is 0 Å². The Morgan fingerprint density at radius 1 is 1.00 bits per heavy atom. The first-order chi connectivity index (χ1) is 12.1. The van der Waals surface area contributed by atoms with Crippen LogP contribution >= 0.6 is 0 Å². The molecule has 25 heavy (non-hydrogen) atoms. The molecule has 1 N–H and O–H groups in total. The maximum Gasteiger partial charge on any atom is 0.0900 e. The minimum absolute atomic E-state index is 0.182. The summed E-state index contributed by atoms with van der Waals surface area (Å²) in [4.78, 5) is 2.37. The van der Waals surface area contributed by atoms with E-state index >= 15 is 0 Å². The molecule has 1 aliphatic heterocycles. The standard InChI is InChI=1S/C21H37NO3/c1-16-2-4-22(5-3-16)14-20(23)15-24-6-7-25-21-11-17-8-18(12-21)10-19(9-17)13-21/h16-20,23H,2-15H2,1H3/t17?,18?,19?,20-,21?/m1/s1. The fraction of sp³-hybridized carbons (Fsp3) is 1.00. The lowest BCUT2D eigenvalue weighted by molar-refractivity contribution is -0.170. The molecule has 0 aromatic rings. The molecule has 4 bridgehead atoms. The summed E-state index contributed by atoms with van der Waals surface area (Å²) in [5.74, 6) is 3.63. The van der Waals surface area contributed by atoms with Crippen LogP contribution in [0.2, 0.25) is 0 Å². The van der Waals surface area contributed by atoms with Crippen molar-refractivity contribution in [1.29, 1.82) is 0 Å². The van der Waals surface area contributed by atoms with E-state index in [1.165, 1.54) is 51.4 Å². The van der Waals surface area contributed by atoms with Crippen LogP contribution in [0.5, 0.6) is 0 Å². The fourth-order valence-electron chi connectivity index (χ4n) is 6.34. The second kappa shape index (κ2) is 7.84. The average molecular weight is 352 g/mol. The zero-order valence-electron chi connectivity index (χ0n) is 16.0. The molecule has 4 heteroatoms. The number of aliphatic hydroxyl groups excluding tert-OH is 1. The fourth-order valence-corrected chi connectivity index (χ4v) is 6.34. The molecule has 144 valence electrons. The van der Waals surface area contributed by atoms with Crippen LogP contribution in [0.15, 0.2) is 0 Å². The maximum absolute atomic E-state index is 10.2. The van der Waals surface area contributed by atoms with Gasteiger partial charge in [0.15, 0.2) is 0 Å². The average Bonchev–Trinajstić information content (AvgIpc) is 2.55. The van der Waals surface area contributed by atoms with Gasteiger partial charge in [-0.25, -0.2) is 0 Å². The lowest BCUT2D eigenvalue weighted by Crippen LogP contribution is -2.52. The summed E-state index contributed by atoms with van der Waals surface area (Å²) in [7, 11) is 0. The highest BCUT2D eigenvalue weighted by atomic mass is 16.5. The molecule has 1 saturated heterocycles. The van der Waals surface area contributed by atoms with Gasteiger partial charge in [-0.15, -0.1) is 0 Å². The lowest BCUT2D eigenvalue weighted by atomic mass is 9.54. The number of hydrogen-bond donors (Lipinski definition) is 1. The van der Waals surface area contributed by atoms with E-state index in [2.05, 4.69) is 11.8 Å². The molecule has 0 aromatic carbocycles. The molecule has 0 aromatic heterocycles. The summed E-state index contributed by atoms with van der Waals surface area (Å²) < 4.78 is 12.1. The number of ether oxygens (including phenoxy) is 2. The molecule has 4 nitrogen and oxygen atoms in total. The molecule has 0 unspecified atom stereocenters. The van der Waals surface area contributed by atoms with E-state index in [-0.39, 0.29) is 11.7 Å². The molecule has 5 aliphatic rings. The predicted molar refractivity (Wildman–Crippen MR) is 98.5 cm³/mol. The topological polar surface area (TPSA) is 41.9 Å². The third-order valence-electron chi connectivity index (χ3n) is 7.27. The van der Waals surface area contributed by atoms with Gasteiger partial charge < -0.3 is 19.5 Å². The Morgan fingerprint density at radius 2 is 1.60 bits per heavy atom. The first-order valence-corrected chi connectivity index (χ1v) is 10.7. The zero-order chi connectivity index (χ0) is 17.3. The third-order valence-corrected chi connectivity index (χ3v) is 7.27. The Balaban J connectivity index is 1.10. The summed E-state index contributed by atoms with van der Waals surface area (Å²) in [5, 5.41) is 10.2. The van der Waals surface area contributed by atoms with Crippen molar-refractivity contribution in [1.82, 2.24) is 4.90 Å². The van der Waals surface area contributed by atoms with Gasteiger partial charge in [-0.05, 0) is 88.1 Å². The minimum atomic E-state index is -0.368. The van der Waals surface area contributed by atoms with E-state index < -0.39 is 0 Å². The Labute approximate surface area is 153 Å². The molecule has 5 fully saturated rings. The molecule has 1 heterocycles. The highest BCUT2D eigenvalue weighted by Gasteiger charge is 2.51. The Hall–Kier alpha value is -0.160. The normalized spacial score (nSPS) is 39.8. The molecule has 4 saturated carbocycles. The Morgan fingerprint density at radius 3 is 2.20 bits per heavy atom. The summed E-state index contributed by atoms with van der Waals surface area (Å²) in [6, 6.07) is 0. The van der Waals surface area contributed by atoms with Gasteiger partial charge in [0.2, 0.25) is 0 Å². The molecule has 4 aliphatic carbocycles. The molecule has 0 radical (unpaired) electrons. The van der Waals surface area contributed by atoms with Crippen LogP contribution in [-0.4, -0.2) is 61.2 Å². The van der Waals surface area contributed by atoms with Crippen molar-refractivity contribution in [2.45, 2.75) is 70.0 Å². The van der Waals surface area contributed by atoms with E-state index in [4.69, 9.17) is 9.47 Å². The first-order valence-electron chi connectivity index (χ1n) is 10.7. The number of hydrogen-bond acceptors (Lipinski definition) is 4. The molecule has 0 amide bonds. The van der Waals surface area contributed by atoms with Gasteiger partial charge in [-0.3, -0.25) is 0 Å². The SMILES string of the molecule is CC1CCN(C[C@@H](O)COCCOC23CC4CC(CC(C4)C2)C3)CC1. The Bertz CT molecular complexity index is 398. The second-order valence-corrected chi connectivity index (χ2v) is 9.66. The van der Waals surface area contributed by atoms with Crippen LogP contribution in [-0.2, 0) is 9.47 Å². The van der Waals surface area contributed by atoms with E-state index in [0.29, 0.717) is 19.8 Å². The van der Waals surface area contributed by atoms with Crippen molar-refractivity contribution in [3.05, 3.63) is 0 Å². The van der Waals surface area contributed by atoms with Crippen molar-refractivity contribution in [2.24, 2.45) is 23.7 Å². The number of likely N-dealkylation sites (tertiary alicyclic amines) is 1. The van der Waals surface area contributed by atoms with E-state index in [1.54, 1.807) is 0 Å². The van der Waals surface area contributed by atoms with Crippen molar-refractivity contribution >= 4 is 0 Å². The highest BCUT2D eigenvalue weighted by Crippen LogP contribution is 2.57. The van der Waals surface area contributed by atoms with Crippen molar-refractivity contribution < 1.29 is 14.6 Å². The second-order valence-electron chi connectivity index (χ2n) is 9.66. The first kappa shape index (κ1) is 18.2. The zero-order valence-corrected chi connectivity index (χ0v) is 16.0. The van der Waals surface area contributed by atoms with Crippen LogP contribution in [0.3, 0.4) is 0 Å². The number of nitrogens with zero attached hydrogens (tertiary/aromatic N) is 1. The Kier molecular flexibility index (Phi) is 5.71. The quantitative estimate of drug-likeness (QED) is 0.683. The van der Waals surface area contributed by atoms with Crippen LogP contribution in [0.4, 0.5) is 0 Å². The maximum atomic E-state index is 10.2. The van der Waals surface area contributed by atoms with E-state index in [0.717, 1.165) is 43.3 Å². The molecule has 5 rings (SSSR count). The molecule has 0 spiro atoms. The largest absolute Gasteiger partial charge is 0.389 e. The summed E-state index contributed by atoms with van der Waals surface area (Å²) >= 11 is 0. The minimum Gasteiger partial charge on any atom is -0.389 e. The summed E-state index contributed by atoms with van der Waals surface area (Å²) in [6.45, 7) is 7.07. The third kappa shape index (κ3) is 4.58. The predicted octanol–water partition coefficient (Wildman–Crippen LogP) is 3.08. The van der Waals surface area contributed by atoms with Crippen LogP contribution in [0, 0.1) is 23.7 Å². The van der Waals surface area contributed by atoms with Gasteiger partial charge in [-0.2, -0.15) is 0 Å². The highest BCUT2D eigenvalue weighted by molar-refractivity contribution is 5.03. The van der Waals surface area contributed by atoms with Crippen molar-refractivity contribution in [2.75, 3.05) is 39.5 Å². The van der Waals surface area contributed by atoms with Gasteiger partial charge in [0, 0.05) is 6.54 Å². The number of rotatable bonds is 8. The summed E-state index contributed by atoms with van der Waals surface area (Å²) in [6.07, 6.45) is 10.4. The van der Waals surface area contributed by atoms with Crippen LogP contribution < -0.4 is 0 Å². The van der Waals surface area contributed by atoms with E-state index in [1.807, 2.05) is 0 Å². The van der Waals surface area contributed by atoms with Crippen LogP contribution in [0.1, 0.15) is 58.3 Å². The summed E-state index contributed by atoms with van der Waals surface area (Å²) in [5.41, 5.74) is 0.182. The number of aliphatic hydroxyl groups is 1. The molecule has 1 atom stereocenters. The molecular weight excluding hydrogens is 314 g/mol. The smallest absolute Gasteiger partial charge is 0.0900 e. The van der Waals surface area contributed by atoms with Crippen molar-refractivity contribution in [3.8, 4) is 0 Å². The van der Waals surface area contributed by atoms with Gasteiger partial charge in [-0.1, -0.05) is 6.92 Å². The molecular formula is C21H37NO3. The van der Waals surface area contributed by atoms with E-state index in [9.17, 15) is 5.11 Å². The van der Waals surface area contributed by atoms with Gasteiger partial charge in [0.1, 0.15) is 0 Å². The van der Waals surface area contributed by atoms with Gasteiger partial charge in [0.05, 0.1) is 31.5 Å². The van der Waals surface area contributed by atoms with Crippen molar-refractivity contribution in [3.63, 3.8) is 0 Å². The van der Waals surface area contributed by atoms with Gasteiger partial charge >= 0.3 is 0 Å². The monoisotopic (exact) mass is 351 g/mol.